The van der Waals surface area contributed by atoms with E-state index in [-0.39, 0.29) is 34.6 Å². The van der Waals surface area contributed by atoms with Gasteiger partial charge in [0, 0.05) is 10.8 Å². The summed E-state index contributed by atoms with van der Waals surface area (Å²) in [4.78, 5) is 25.3. The van der Waals surface area contributed by atoms with Crippen LogP contribution in [0.15, 0.2) is 0 Å². The molecule has 4 heteroatoms. The van der Waals surface area contributed by atoms with Gasteiger partial charge < -0.3 is 9.47 Å². The van der Waals surface area contributed by atoms with Gasteiger partial charge in [-0.2, -0.15) is 0 Å². The zero-order chi connectivity index (χ0) is 24.4. The summed E-state index contributed by atoms with van der Waals surface area (Å²) in [6.07, 6.45) is 10.1. The normalized spacial score (nSPS) is 21.6. The van der Waals surface area contributed by atoms with Crippen molar-refractivity contribution in [3.8, 4) is 0 Å². The fraction of sp³-hybridized carbons (Fsp3) is 0.929. The average Bonchev–Trinajstić information content (AvgIpc) is 2.77. The quantitative estimate of drug-likeness (QED) is 0.255. The van der Waals surface area contributed by atoms with E-state index in [4.69, 9.17) is 9.47 Å². The Balaban J connectivity index is 2.40. The van der Waals surface area contributed by atoms with Gasteiger partial charge in [0.1, 0.15) is 0 Å². The van der Waals surface area contributed by atoms with Gasteiger partial charge in [-0.25, -0.2) is 0 Å². The second kappa shape index (κ2) is 13.6. The Bertz CT molecular complexity index is 508. The molecule has 0 saturated heterocycles. The molecule has 0 aromatic heterocycles. The third kappa shape index (κ3) is 9.43. The first kappa shape index (κ1) is 29.0. The van der Waals surface area contributed by atoms with Crippen molar-refractivity contribution in [1.29, 1.82) is 0 Å². The Morgan fingerprint density at radius 2 is 1.03 bits per heavy atom. The minimum Gasteiger partial charge on any atom is -0.465 e. The highest BCUT2D eigenvalue weighted by atomic mass is 16.5. The first-order valence-electron chi connectivity index (χ1n) is 13.3. The molecule has 188 valence electrons. The van der Waals surface area contributed by atoms with Gasteiger partial charge in [0.2, 0.25) is 0 Å². The Hall–Kier alpha value is -1.06. The second-order valence-electron chi connectivity index (χ2n) is 11.8. The lowest BCUT2D eigenvalue weighted by Crippen LogP contribution is -2.34. The molecule has 1 saturated carbocycles. The largest absolute Gasteiger partial charge is 0.465 e. The van der Waals surface area contributed by atoms with E-state index in [9.17, 15) is 9.59 Å². The Labute approximate surface area is 198 Å². The Morgan fingerprint density at radius 3 is 1.31 bits per heavy atom. The molecular weight excluding hydrogens is 400 g/mol. The highest BCUT2D eigenvalue weighted by molar-refractivity contribution is 5.75. The molecule has 2 atom stereocenters. The van der Waals surface area contributed by atoms with Crippen LogP contribution in [0, 0.1) is 34.5 Å². The topological polar surface area (TPSA) is 52.6 Å². The lowest BCUT2D eigenvalue weighted by molar-refractivity contribution is -0.159. The smallest absolute Gasteiger partial charge is 0.308 e. The molecule has 0 aromatic carbocycles. The standard InChI is InChI=1S/C28H52O4/c1-9-11-13-21(3)27(5,6)19-31-25(29)23-15-17-24(18-16-23)26(30)32-20-28(7,8)22(4)14-12-10-2/h21-24H,9-20H2,1-8H3. The number of unbranched alkanes of at least 4 members (excludes halogenated alkanes) is 2. The van der Waals surface area contributed by atoms with Crippen molar-refractivity contribution in [3.63, 3.8) is 0 Å². The van der Waals surface area contributed by atoms with Crippen LogP contribution in [0.25, 0.3) is 0 Å². The maximum Gasteiger partial charge on any atom is 0.308 e. The van der Waals surface area contributed by atoms with Gasteiger partial charge in [-0.3, -0.25) is 9.59 Å². The number of esters is 2. The number of rotatable bonds is 14. The van der Waals surface area contributed by atoms with Crippen LogP contribution in [0.4, 0.5) is 0 Å². The lowest BCUT2D eigenvalue weighted by Gasteiger charge is -2.33. The third-order valence-corrected chi connectivity index (χ3v) is 8.22. The van der Waals surface area contributed by atoms with Crippen molar-refractivity contribution < 1.29 is 19.1 Å². The predicted molar refractivity (Wildman–Crippen MR) is 132 cm³/mol. The molecule has 1 aliphatic carbocycles. The number of hydrogen-bond donors (Lipinski definition) is 0. The molecule has 0 aromatic rings. The number of carbonyl (C=O) groups is 2. The maximum absolute atomic E-state index is 12.6. The van der Waals surface area contributed by atoms with E-state index < -0.39 is 0 Å². The molecule has 2 unspecified atom stereocenters. The number of carbonyl (C=O) groups excluding carboxylic acids is 2. The van der Waals surface area contributed by atoms with Crippen molar-refractivity contribution in [3.05, 3.63) is 0 Å². The van der Waals surface area contributed by atoms with Crippen LogP contribution in [-0.2, 0) is 19.1 Å². The Morgan fingerprint density at radius 1 is 0.719 bits per heavy atom. The predicted octanol–water partition coefficient (Wildman–Crippen LogP) is 7.58. The van der Waals surface area contributed by atoms with Gasteiger partial charge >= 0.3 is 11.9 Å². The van der Waals surface area contributed by atoms with Gasteiger partial charge in [0.25, 0.3) is 0 Å². The molecule has 0 N–H and O–H groups in total. The number of hydrogen-bond acceptors (Lipinski definition) is 4. The molecule has 4 nitrogen and oxygen atoms in total. The van der Waals surface area contributed by atoms with Crippen LogP contribution < -0.4 is 0 Å². The van der Waals surface area contributed by atoms with E-state index >= 15 is 0 Å². The summed E-state index contributed by atoms with van der Waals surface area (Å²) >= 11 is 0. The van der Waals surface area contributed by atoms with Crippen molar-refractivity contribution in [1.82, 2.24) is 0 Å². The fourth-order valence-corrected chi connectivity index (χ4v) is 4.40. The number of ether oxygens (including phenoxy) is 2. The highest BCUT2D eigenvalue weighted by Gasteiger charge is 2.35. The molecule has 0 heterocycles. The van der Waals surface area contributed by atoms with Gasteiger partial charge in [0.15, 0.2) is 0 Å². The zero-order valence-corrected chi connectivity index (χ0v) is 22.4. The maximum atomic E-state index is 12.6. The van der Waals surface area contributed by atoms with E-state index in [1.54, 1.807) is 0 Å². The third-order valence-electron chi connectivity index (χ3n) is 8.22. The van der Waals surface area contributed by atoms with Crippen LogP contribution in [0.2, 0.25) is 0 Å². The van der Waals surface area contributed by atoms with Crippen LogP contribution in [0.5, 0.6) is 0 Å². The lowest BCUT2D eigenvalue weighted by atomic mass is 9.77. The van der Waals surface area contributed by atoms with E-state index in [0.29, 0.717) is 25.0 Å². The van der Waals surface area contributed by atoms with Gasteiger partial charge in [-0.1, -0.05) is 93.9 Å². The van der Waals surface area contributed by atoms with E-state index in [0.717, 1.165) is 25.7 Å². The summed E-state index contributed by atoms with van der Waals surface area (Å²) in [5, 5.41) is 0. The first-order chi connectivity index (χ1) is 14.9. The van der Waals surface area contributed by atoms with E-state index in [1.165, 1.54) is 38.5 Å². The van der Waals surface area contributed by atoms with Crippen molar-refractivity contribution in [2.45, 2.75) is 120 Å². The molecule has 0 radical (unpaired) electrons. The second-order valence-corrected chi connectivity index (χ2v) is 11.8. The summed E-state index contributed by atoms with van der Waals surface area (Å²) in [5.41, 5.74) is -0.0141. The molecule has 1 aliphatic rings. The monoisotopic (exact) mass is 452 g/mol. The van der Waals surface area contributed by atoms with E-state index in [1.807, 2.05) is 0 Å². The molecule has 0 bridgehead atoms. The SMILES string of the molecule is CCCCC(C)C(C)(C)COC(=O)C1CCC(C(=O)OCC(C)(C)C(C)CCCC)CC1. The first-order valence-corrected chi connectivity index (χ1v) is 13.3. The zero-order valence-electron chi connectivity index (χ0n) is 22.4. The highest BCUT2D eigenvalue weighted by Crippen LogP contribution is 2.35. The average molecular weight is 453 g/mol. The summed E-state index contributed by atoms with van der Waals surface area (Å²) in [6.45, 7) is 18.7. The molecule has 0 spiro atoms. The van der Waals surface area contributed by atoms with Crippen molar-refractivity contribution >= 4 is 11.9 Å². The minimum atomic E-state index is -0.0848. The molecule has 0 aliphatic heterocycles. The summed E-state index contributed by atoms with van der Waals surface area (Å²) in [7, 11) is 0. The van der Waals surface area contributed by atoms with Crippen LogP contribution >= 0.6 is 0 Å². The molecule has 0 amide bonds. The minimum absolute atomic E-state index is 0.00704. The molecule has 1 fully saturated rings. The summed E-state index contributed by atoms with van der Waals surface area (Å²) < 4.78 is 11.5. The van der Waals surface area contributed by atoms with E-state index in [2.05, 4.69) is 55.4 Å². The fourth-order valence-electron chi connectivity index (χ4n) is 4.40. The molecule has 1 rings (SSSR count). The van der Waals surface area contributed by atoms with Gasteiger partial charge in [0.05, 0.1) is 25.0 Å². The summed E-state index contributed by atoms with van der Waals surface area (Å²) in [6, 6.07) is 0. The molecule has 32 heavy (non-hydrogen) atoms. The Kier molecular flexibility index (Phi) is 12.3. The van der Waals surface area contributed by atoms with Crippen molar-refractivity contribution in [2.75, 3.05) is 13.2 Å². The van der Waals surface area contributed by atoms with Crippen molar-refractivity contribution in [2.24, 2.45) is 34.5 Å². The van der Waals surface area contributed by atoms with Crippen LogP contribution in [-0.4, -0.2) is 25.2 Å². The van der Waals surface area contributed by atoms with Gasteiger partial charge in [-0.15, -0.1) is 0 Å². The molecular formula is C28H52O4. The van der Waals surface area contributed by atoms with Gasteiger partial charge in [-0.05, 0) is 37.5 Å². The summed E-state index contributed by atoms with van der Waals surface area (Å²) in [5.74, 6) is 0.721. The van der Waals surface area contributed by atoms with Crippen LogP contribution in [0.3, 0.4) is 0 Å². The van der Waals surface area contributed by atoms with Crippen LogP contribution in [0.1, 0.15) is 120 Å².